The van der Waals surface area contributed by atoms with Crippen LogP contribution < -0.4 is 32.9 Å². The lowest BCUT2D eigenvalue weighted by Crippen LogP contribution is -2.54. The summed E-state index contributed by atoms with van der Waals surface area (Å²) >= 11 is 0. The maximum Gasteiger partial charge on any atom is 0.248 e. The van der Waals surface area contributed by atoms with Gasteiger partial charge in [-0.25, -0.2) is 5.90 Å². The molecule has 0 spiro atoms. The van der Waals surface area contributed by atoms with E-state index in [0.717, 1.165) is 5.75 Å². The fourth-order valence-electron chi connectivity index (χ4n) is 3.23. The molecular weight excluding hydrogens is 650 g/mol. The molecule has 21 heteroatoms. The van der Waals surface area contributed by atoms with Crippen LogP contribution in [0.25, 0.3) is 10.4 Å². The van der Waals surface area contributed by atoms with Gasteiger partial charge >= 0.3 is 0 Å². The highest BCUT2D eigenvalue weighted by Gasteiger charge is 2.25. The number of rotatable bonds is 31. The van der Waals surface area contributed by atoms with Crippen LogP contribution in [0.5, 0.6) is 0 Å². The number of hydrogen-bond donors (Lipinski definition) is 6. The zero-order valence-corrected chi connectivity index (χ0v) is 27.7. The minimum atomic E-state index is -0.967. The third-order valence-corrected chi connectivity index (χ3v) is 7.87. The Labute approximate surface area is 275 Å². The number of hydrogen-bond acceptors (Lipinski definition) is 14. The van der Waals surface area contributed by atoms with Crippen LogP contribution in [-0.2, 0) is 47.8 Å². The number of amides is 5. The van der Waals surface area contributed by atoms with E-state index in [9.17, 15) is 24.0 Å². The molecule has 19 nitrogen and oxygen atoms in total. The molecule has 0 unspecified atom stereocenters. The van der Waals surface area contributed by atoms with Gasteiger partial charge in [-0.3, -0.25) is 28.8 Å². The molecule has 0 aromatic carbocycles. The highest BCUT2D eigenvalue weighted by atomic mass is 33.1. The first kappa shape index (κ1) is 43.1. The molecule has 0 aliphatic carbocycles. The number of azide groups is 1. The third-order valence-electron chi connectivity index (χ3n) is 5.38. The average molecular weight is 698 g/mol. The van der Waals surface area contributed by atoms with Crippen molar-refractivity contribution in [2.24, 2.45) is 16.7 Å². The van der Waals surface area contributed by atoms with E-state index in [4.69, 9.17) is 36.1 Å². The Kier molecular flexibility index (Phi) is 28.8. The number of ether oxygens (including phenoxy) is 4. The lowest BCUT2D eigenvalue weighted by Gasteiger charge is -2.22. The summed E-state index contributed by atoms with van der Waals surface area (Å²) in [5.41, 5.74) is 13.6. The average Bonchev–Trinajstić information content (AvgIpc) is 3.02. The Morgan fingerprint density at radius 2 is 1.41 bits per heavy atom. The second-order valence-corrected chi connectivity index (χ2v) is 11.9. The fourth-order valence-corrected chi connectivity index (χ4v) is 5.08. The first-order valence-corrected chi connectivity index (χ1v) is 17.0. The Hall–Kier alpha value is -2.88. The van der Waals surface area contributed by atoms with Crippen LogP contribution in [0, 0.1) is 0 Å². The summed E-state index contributed by atoms with van der Waals surface area (Å²) in [5.74, 6) is 3.44. The highest BCUT2D eigenvalue weighted by molar-refractivity contribution is 8.76. The summed E-state index contributed by atoms with van der Waals surface area (Å²) in [6.07, 6.45) is 1.21. The van der Waals surface area contributed by atoms with E-state index in [2.05, 4.69) is 36.1 Å². The van der Waals surface area contributed by atoms with Gasteiger partial charge in [-0.1, -0.05) is 33.6 Å². The monoisotopic (exact) mass is 697 g/mol. The normalized spacial score (nSPS) is 12.0. The van der Waals surface area contributed by atoms with Crippen molar-refractivity contribution in [2.45, 2.75) is 38.3 Å². The summed E-state index contributed by atoms with van der Waals surface area (Å²) in [5, 5.41) is 13.8. The molecule has 0 saturated carbocycles. The molecule has 46 heavy (non-hydrogen) atoms. The van der Waals surface area contributed by atoms with E-state index in [1.165, 1.54) is 21.6 Å². The maximum absolute atomic E-state index is 13.0. The number of carbonyl (C=O) groups excluding carboxylic acids is 5. The topological polar surface area (TPSA) is 280 Å². The van der Waals surface area contributed by atoms with Gasteiger partial charge in [0.2, 0.25) is 29.5 Å². The summed E-state index contributed by atoms with van der Waals surface area (Å²) < 4.78 is 21.0. The first-order valence-electron chi connectivity index (χ1n) is 14.5. The lowest BCUT2D eigenvalue weighted by atomic mass is 10.1. The van der Waals surface area contributed by atoms with Crippen molar-refractivity contribution >= 4 is 51.1 Å². The van der Waals surface area contributed by atoms with Gasteiger partial charge in [-0.2, -0.15) is 0 Å². The van der Waals surface area contributed by atoms with E-state index in [1.807, 2.05) is 6.92 Å². The number of nitrogens with zero attached hydrogens (tertiary/aromatic N) is 3. The van der Waals surface area contributed by atoms with Gasteiger partial charge in [0.05, 0.1) is 39.6 Å². The van der Waals surface area contributed by atoms with Crippen LogP contribution in [-0.4, -0.2) is 132 Å². The van der Waals surface area contributed by atoms with E-state index < -0.39 is 29.8 Å². The molecule has 8 N–H and O–H groups in total. The molecule has 0 fully saturated rings. The van der Waals surface area contributed by atoms with Crippen molar-refractivity contribution in [2.75, 3.05) is 90.6 Å². The van der Waals surface area contributed by atoms with Crippen LogP contribution in [0.4, 0.5) is 0 Å². The van der Waals surface area contributed by atoms with E-state index in [-0.39, 0.29) is 96.5 Å². The molecular formula is C25H47N9O10S2. The highest BCUT2D eigenvalue weighted by Crippen LogP contribution is 2.21. The van der Waals surface area contributed by atoms with E-state index in [1.54, 1.807) is 0 Å². The van der Waals surface area contributed by atoms with Crippen molar-refractivity contribution in [3.8, 4) is 0 Å². The molecule has 0 aromatic heterocycles. The van der Waals surface area contributed by atoms with Gasteiger partial charge in [0.25, 0.3) is 0 Å². The van der Waals surface area contributed by atoms with Crippen LogP contribution >= 0.6 is 21.6 Å². The van der Waals surface area contributed by atoms with Crippen LogP contribution in [0.2, 0.25) is 0 Å². The predicted molar refractivity (Wildman–Crippen MR) is 171 cm³/mol. The summed E-state index contributed by atoms with van der Waals surface area (Å²) in [6, 6.07) is -1.88. The van der Waals surface area contributed by atoms with Crippen LogP contribution in [0.3, 0.4) is 0 Å². The first-order chi connectivity index (χ1) is 22.2. The number of nitrogens with one attached hydrogen (secondary N) is 4. The van der Waals surface area contributed by atoms with Gasteiger partial charge in [0.1, 0.15) is 31.9 Å². The standard InChI is InChI=1S/C25H47N9O10S2/c1-2-45-46-18-20(24(26)38)33-25(39)19(5-3-4-6-29-22(36)17-44-28)32-23(37)16-43-14-11-40-9-7-30-21(35)15-42-13-12-41-10-8-31-34-27/h19-20H,2-18,28H2,1H3,(H2,26,38)(H,29,36)(H,30,35)(H,32,37)(H,33,39)/t19-,20-/m0/s1. The lowest BCUT2D eigenvalue weighted by molar-refractivity contribution is -0.133. The molecule has 0 aliphatic rings. The minimum Gasteiger partial charge on any atom is -0.379 e. The molecule has 0 bridgehead atoms. The van der Waals surface area contributed by atoms with Gasteiger partial charge in [-0.05, 0) is 24.8 Å². The molecule has 5 amide bonds. The van der Waals surface area contributed by atoms with Gasteiger partial charge < -0.3 is 45.9 Å². The second-order valence-electron chi connectivity index (χ2n) is 9.07. The zero-order chi connectivity index (χ0) is 34.3. The van der Waals surface area contributed by atoms with Crippen molar-refractivity contribution < 1.29 is 47.8 Å². The summed E-state index contributed by atoms with van der Waals surface area (Å²) in [6.45, 7) is 3.20. The second kappa shape index (κ2) is 30.8. The number of nitrogens with two attached hydrogens (primary N) is 2. The smallest absolute Gasteiger partial charge is 0.248 e. The van der Waals surface area contributed by atoms with Crippen molar-refractivity contribution in [3.63, 3.8) is 0 Å². The number of unbranched alkanes of at least 4 members (excludes halogenated alkanes) is 1. The Morgan fingerprint density at radius 3 is 2.07 bits per heavy atom. The zero-order valence-electron chi connectivity index (χ0n) is 26.1. The largest absolute Gasteiger partial charge is 0.379 e. The fraction of sp³-hybridized carbons (Fsp3) is 0.800. The maximum atomic E-state index is 13.0. The van der Waals surface area contributed by atoms with Crippen molar-refractivity contribution in [3.05, 3.63) is 10.4 Å². The molecule has 0 saturated heterocycles. The number of carbonyl (C=O) groups is 5. The number of primary amides is 1. The van der Waals surface area contributed by atoms with Gasteiger partial charge in [0.15, 0.2) is 0 Å². The molecule has 0 rings (SSSR count). The van der Waals surface area contributed by atoms with E-state index >= 15 is 0 Å². The Balaban J connectivity index is 4.39. The Bertz CT molecular complexity index is 933. The molecule has 0 aliphatic heterocycles. The molecule has 0 radical (unpaired) electrons. The quantitative estimate of drug-likeness (QED) is 0.0120. The van der Waals surface area contributed by atoms with Gasteiger partial charge in [0, 0.05) is 36.1 Å². The third kappa shape index (κ3) is 26.3. The SMILES string of the molecule is CCSSC[C@H](NC(=O)[C@H](CCCCNC(=O)CON)NC(=O)COCCOCCNC(=O)COCCOCCN=[N+]=[N-])C(N)=O. The molecule has 2 atom stereocenters. The minimum absolute atomic E-state index is 0.0866. The van der Waals surface area contributed by atoms with E-state index in [0.29, 0.717) is 19.4 Å². The van der Waals surface area contributed by atoms with Crippen LogP contribution in [0.15, 0.2) is 5.11 Å². The summed E-state index contributed by atoms with van der Waals surface area (Å²) in [4.78, 5) is 67.4. The Morgan fingerprint density at radius 1 is 0.783 bits per heavy atom. The van der Waals surface area contributed by atoms with Crippen LogP contribution in [0.1, 0.15) is 26.2 Å². The van der Waals surface area contributed by atoms with Crippen molar-refractivity contribution in [1.29, 1.82) is 0 Å². The van der Waals surface area contributed by atoms with Gasteiger partial charge in [-0.15, -0.1) is 0 Å². The molecule has 264 valence electrons. The molecule has 0 heterocycles. The predicted octanol–water partition coefficient (Wildman–Crippen LogP) is -1.49. The van der Waals surface area contributed by atoms with Crippen molar-refractivity contribution in [1.82, 2.24) is 21.3 Å². The summed E-state index contributed by atoms with van der Waals surface area (Å²) in [7, 11) is 2.92. The molecule has 0 aromatic rings.